The Morgan fingerprint density at radius 2 is 1.27 bits per heavy atom. The van der Waals surface area contributed by atoms with Crippen LogP contribution in [0.3, 0.4) is 0 Å². The van der Waals surface area contributed by atoms with E-state index in [2.05, 4.69) is 22.8 Å². The average Bonchev–Trinajstić information content (AvgIpc) is 3.25. The summed E-state index contributed by atoms with van der Waals surface area (Å²) in [4.78, 5) is 25.7. The molecule has 0 saturated heterocycles. The SMILES string of the molecule is CNC(=O)C1(C)C2CC(C3C4C=CC(C4)C32)C1(C)C(=O)NC. The topological polar surface area (TPSA) is 58.2 Å². The van der Waals surface area contributed by atoms with Gasteiger partial charge in [-0.15, -0.1) is 0 Å². The number of fused-ring (bicyclic) bond motifs is 9. The van der Waals surface area contributed by atoms with Crippen molar-refractivity contribution in [2.75, 3.05) is 14.1 Å². The molecule has 8 atom stereocenters. The minimum absolute atomic E-state index is 0.0382. The fourth-order valence-corrected chi connectivity index (χ4v) is 6.96. The summed E-state index contributed by atoms with van der Waals surface area (Å²) < 4.78 is 0. The van der Waals surface area contributed by atoms with E-state index in [1.165, 1.54) is 6.42 Å². The number of hydrogen-bond donors (Lipinski definition) is 2. The van der Waals surface area contributed by atoms with E-state index >= 15 is 0 Å². The Labute approximate surface area is 132 Å². The van der Waals surface area contributed by atoms with E-state index in [1.807, 2.05) is 13.8 Å². The Balaban J connectivity index is 1.86. The van der Waals surface area contributed by atoms with Gasteiger partial charge in [0.05, 0.1) is 10.8 Å². The van der Waals surface area contributed by atoms with Gasteiger partial charge in [-0.1, -0.05) is 12.2 Å². The molecule has 2 N–H and O–H groups in total. The lowest BCUT2D eigenvalue weighted by Crippen LogP contribution is -2.62. The molecular weight excluding hydrogens is 276 g/mol. The highest BCUT2D eigenvalue weighted by Crippen LogP contribution is 2.76. The number of hydrogen-bond acceptors (Lipinski definition) is 2. The van der Waals surface area contributed by atoms with Crippen LogP contribution < -0.4 is 10.6 Å². The van der Waals surface area contributed by atoms with E-state index in [1.54, 1.807) is 14.1 Å². The molecule has 22 heavy (non-hydrogen) atoms. The van der Waals surface area contributed by atoms with Gasteiger partial charge in [0.2, 0.25) is 11.8 Å². The molecule has 0 aromatic heterocycles. The van der Waals surface area contributed by atoms with Gasteiger partial charge < -0.3 is 10.6 Å². The molecule has 0 aromatic rings. The Morgan fingerprint density at radius 1 is 0.864 bits per heavy atom. The van der Waals surface area contributed by atoms with Crippen molar-refractivity contribution in [2.24, 2.45) is 46.3 Å². The number of nitrogens with one attached hydrogen (secondary N) is 2. The lowest BCUT2D eigenvalue weighted by molar-refractivity contribution is -0.161. The molecule has 0 radical (unpaired) electrons. The van der Waals surface area contributed by atoms with Crippen LogP contribution in [0.1, 0.15) is 26.7 Å². The number of carbonyl (C=O) groups is 2. The molecule has 4 bridgehead atoms. The maximum absolute atomic E-state index is 12.8. The van der Waals surface area contributed by atoms with Crippen molar-refractivity contribution >= 4 is 11.8 Å². The summed E-state index contributed by atoms with van der Waals surface area (Å²) in [5.74, 6) is 3.17. The van der Waals surface area contributed by atoms with Gasteiger partial charge in [0.25, 0.3) is 0 Å². The smallest absolute Gasteiger partial charge is 0.227 e. The molecule has 8 unspecified atom stereocenters. The third kappa shape index (κ3) is 1.24. The predicted molar refractivity (Wildman–Crippen MR) is 83.7 cm³/mol. The van der Waals surface area contributed by atoms with Gasteiger partial charge in [0.1, 0.15) is 0 Å². The van der Waals surface area contributed by atoms with Gasteiger partial charge in [0, 0.05) is 14.1 Å². The summed E-state index contributed by atoms with van der Waals surface area (Å²) in [5, 5.41) is 5.71. The Hall–Kier alpha value is -1.32. The highest BCUT2D eigenvalue weighted by atomic mass is 16.2. The first-order valence-corrected chi connectivity index (χ1v) is 8.54. The molecule has 4 aliphatic carbocycles. The second kappa shape index (κ2) is 4.15. The predicted octanol–water partition coefficient (Wildman–Crippen LogP) is 1.58. The van der Waals surface area contributed by atoms with E-state index in [0.29, 0.717) is 35.5 Å². The summed E-state index contributed by atoms with van der Waals surface area (Å²) in [6.45, 7) is 4.08. The molecule has 3 saturated carbocycles. The molecular formula is C18H26N2O2. The van der Waals surface area contributed by atoms with Crippen LogP contribution in [0, 0.1) is 46.3 Å². The maximum atomic E-state index is 12.8. The van der Waals surface area contributed by atoms with E-state index in [9.17, 15) is 9.59 Å². The van der Waals surface area contributed by atoms with E-state index < -0.39 is 10.8 Å². The van der Waals surface area contributed by atoms with Crippen molar-refractivity contribution < 1.29 is 9.59 Å². The third-order valence-electron chi connectivity index (χ3n) is 7.98. The zero-order valence-electron chi connectivity index (χ0n) is 13.8. The highest BCUT2D eigenvalue weighted by Gasteiger charge is 2.77. The van der Waals surface area contributed by atoms with Crippen molar-refractivity contribution in [2.45, 2.75) is 26.7 Å². The maximum Gasteiger partial charge on any atom is 0.227 e. The van der Waals surface area contributed by atoms with Gasteiger partial charge in [-0.25, -0.2) is 0 Å². The van der Waals surface area contributed by atoms with Crippen molar-refractivity contribution in [3.63, 3.8) is 0 Å². The van der Waals surface area contributed by atoms with E-state index in [-0.39, 0.29) is 11.8 Å². The first kappa shape index (κ1) is 14.3. The minimum atomic E-state index is -0.605. The molecule has 120 valence electrons. The lowest BCUT2D eigenvalue weighted by Gasteiger charge is -2.52. The standard InChI is InChI=1S/C18H26N2O2/c1-17(15(21)19-3)11-8-12(18(17,2)16(22)20-4)14-10-6-5-9(7-10)13(11)14/h5-6,9-14H,7-8H2,1-4H3,(H,19,21)(H,20,22). The molecule has 0 aromatic carbocycles. The first-order valence-electron chi connectivity index (χ1n) is 8.54. The second-order valence-corrected chi connectivity index (χ2v) is 8.11. The van der Waals surface area contributed by atoms with Crippen LogP contribution >= 0.6 is 0 Å². The fraction of sp³-hybridized carbons (Fsp3) is 0.778. The van der Waals surface area contributed by atoms with Crippen molar-refractivity contribution in [1.82, 2.24) is 10.6 Å². The van der Waals surface area contributed by atoms with Crippen LogP contribution in [-0.2, 0) is 9.59 Å². The Bertz CT molecular complexity index is 538. The lowest BCUT2D eigenvalue weighted by atomic mass is 9.50. The summed E-state index contributed by atoms with van der Waals surface area (Å²) >= 11 is 0. The van der Waals surface area contributed by atoms with Gasteiger partial charge >= 0.3 is 0 Å². The Kier molecular flexibility index (Phi) is 2.69. The summed E-state index contributed by atoms with van der Waals surface area (Å²) in [6, 6.07) is 0. The van der Waals surface area contributed by atoms with Gasteiger partial charge in [-0.2, -0.15) is 0 Å². The molecule has 0 aliphatic heterocycles. The summed E-state index contributed by atoms with van der Waals surface area (Å²) in [6.07, 6.45) is 7.00. The molecule has 0 heterocycles. The van der Waals surface area contributed by atoms with E-state index in [4.69, 9.17) is 0 Å². The van der Waals surface area contributed by atoms with Crippen LogP contribution in [0.5, 0.6) is 0 Å². The quantitative estimate of drug-likeness (QED) is 0.601. The van der Waals surface area contributed by atoms with Gasteiger partial charge in [0.15, 0.2) is 0 Å². The molecule has 3 fully saturated rings. The summed E-state index contributed by atoms with van der Waals surface area (Å²) in [5.41, 5.74) is -1.21. The molecule has 0 spiro atoms. The monoisotopic (exact) mass is 302 g/mol. The van der Waals surface area contributed by atoms with Gasteiger partial charge in [-0.05, 0) is 62.2 Å². The fourth-order valence-electron chi connectivity index (χ4n) is 6.96. The normalized spacial score (nSPS) is 53.6. The minimum Gasteiger partial charge on any atom is -0.359 e. The first-order chi connectivity index (χ1) is 10.4. The number of allylic oxidation sites excluding steroid dienone is 2. The van der Waals surface area contributed by atoms with Crippen LogP contribution in [0.25, 0.3) is 0 Å². The molecule has 4 aliphatic rings. The zero-order chi connectivity index (χ0) is 15.9. The molecule has 4 nitrogen and oxygen atoms in total. The number of amides is 2. The number of rotatable bonds is 2. The molecule has 4 rings (SSSR count). The highest BCUT2D eigenvalue weighted by molar-refractivity contribution is 5.94. The van der Waals surface area contributed by atoms with E-state index in [0.717, 1.165) is 6.42 Å². The Morgan fingerprint density at radius 3 is 1.64 bits per heavy atom. The van der Waals surface area contributed by atoms with Gasteiger partial charge in [-0.3, -0.25) is 9.59 Å². The van der Waals surface area contributed by atoms with Crippen LogP contribution in [0.4, 0.5) is 0 Å². The van der Waals surface area contributed by atoms with Crippen LogP contribution in [0.2, 0.25) is 0 Å². The van der Waals surface area contributed by atoms with Crippen molar-refractivity contribution in [3.05, 3.63) is 12.2 Å². The molecule has 4 heteroatoms. The largest absolute Gasteiger partial charge is 0.359 e. The summed E-state index contributed by atoms with van der Waals surface area (Å²) in [7, 11) is 3.39. The van der Waals surface area contributed by atoms with Crippen molar-refractivity contribution in [1.29, 1.82) is 0 Å². The number of carbonyl (C=O) groups excluding carboxylic acids is 2. The second-order valence-electron chi connectivity index (χ2n) is 8.11. The molecule has 2 amide bonds. The van der Waals surface area contributed by atoms with Crippen LogP contribution in [0.15, 0.2) is 12.2 Å². The van der Waals surface area contributed by atoms with Crippen molar-refractivity contribution in [3.8, 4) is 0 Å². The third-order valence-corrected chi connectivity index (χ3v) is 7.98. The van der Waals surface area contributed by atoms with Crippen LogP contribution in [-0.4, -0.2) is 25.9 Å². The average molecular weight is 302 g/mol. The zero-order valence-corrected chi connectivity index (χ0v) is 13.8.